The number of aromatic amines is 1. The molecule has 0 radical (unpaired) electrons. The molecular weight excluding hydrogens is 270 g/mol. The zero-order chi connectivity index (χ0) is 15.0. The van der Waals surface area contributed by atoms with Crippen molar-refractivity contribution in [1.29, 1.82) is 0 Å². The summed E-state index contributed by atoms with van der Waals surface area (Å²) in [6.45, 7) is 0. The van der Waals surface area contributed by atoms with Gasteiger partial charge in [0.15, 0.2) is 0 Å². The molecule has 0 spiro atoms. The SMILES string of the molecule is NC(=O)c1cccc2nc([C@H]3CC[C@H](C(=O)O)CC3)[nH]c12. The number of carbonyl (C=O) groups is 2. The Labute approximate surface area is 121 Å². The number of nitrogens with one attached hydrogen (secondary N) is 1. The van der Waals surface area contributed by atoms with Gasteiger partial charge in [-0.1, -0.05) is 6.07 Å². The molecule has 0 atom stereocenters. The van der Waals surface area contributed by atoms with E-state index in [0.29, 0.717) is 23.9 Å². The van der Waals surface area contributed by atoms with Crippen molar-refractivity contribution in [3.8, 4) is 0 Å². The van der Waals surface area contributed by atoms with Crippen molar-refractivity contribution >= 4 is 22.9 Å². The van der Waals surface area contributed by atoms with Gasteiger partial charge in [0.05, 0.1) is 22.5 Å². The molecule has 2 aromatic rings. The number of benzene rings is 1. The Morgan fingerprint density at radius 2 is 1.95 bits per heavy atom. The molecule has 1 heterocycles. The third-order valence-corrected chi connectivity index (χ3v) is 4.27. The monoisotopic (exact) mass is 287 g/mol. The van der Waals surface area contributed by atoms with Crippen molar-refractivity contribution in [2.45, 2.75) is 31.6 Å². The van der Waals surface area contributed by atoms with Crippen molar-refractivity contribution in [1.82, 2.24) is 9.97 Å². The number of aliphatic carboxylic acids is 1. The van der Waals surface area contributed by atoms with E-state index in [9.17, 15) is 9.59 Å². The number of carboxylic acids is 1. The van der Waals surface area contributed by atoms with Gasteiger partial charge >= 0.3 is 5.97 Å². The minimum absolute atomic E-state index is 0.216. The number of carboxylic acid groups (broad SMARTS) is 1. The van der Waals surface area contributed by atoms with Gasteiger partial charge in [-0.2, -0.15) is 0 Å². The Bertz CT molecular complexity index is 699. The summed E-state index contributed by atoms with van der Waals surface area (Å²) in [6.07, 6.45) is 2.92. The molecule has 4 N–H and O–H groups in total. The van der Waals surface area contributed by atoms with Crippen LogP contribution in [0.2, 0.25) is 0 Å². The Kier molecular flexibility index (Phi) is 3.37. The summed E-state index contributed by atoms with van der Waals surface area (Å²) >= 11 is 0. The summed E-state index contributed by atoms with van der Waals surface area (Å²) in [4.78, 5) is 30.1. The molecule has 0 unspecified atom stereocenters. The second kappa shape index (κ2) is 5.20. The van der Waals surface area contributed by atoms with Gasteiger partial charge < -0.3 is 15.8 Å². The molecule has 6 heteroatoms. The van der Waals surface area contributed by atoms with E-state index in [1.807, 2.05) is 6.07 Å². The standard InChI is InChI=1S/C15H17N3O3/c16-13(19)10-2-1-3-11-12(10)18-14(17-11)8-4-6-9(7-5-8)15(20)21/h1-3,8-9H,4-7H2,(H2,16,19)(H,17,18)(H,20,21)/t8-,9-. The van der Waals surface area contributed by atoms with Crippen LogP contribution in [-0.4, -0.2) is 27.0 Å². The van der Waals surface area contributed by atoms with Crippen LogP contribution in [0.15, 0.2) is 18.2 Å². The number of nitrogens with zero attached hydrogens (tertiary/aromatic N) is 1. The molecule has 3 rings (SSSR count). The quantitative estimate of drug-likeness (QED) is 0.802. The number of imidazole rings is 1. The maximum absolute atomic E-state index is 11.4. The van der Waals surface area contributed by atoms with Crippen LogP contribution in [0, 0.1) is 5.92 Å². The molecule has 0 bridgehead atoms. The van der Waals surface area contributed by atoms with E-state index in [1.54, 1.807) is 12.1 Å². The van der Waals surface area contributed by atoms with Crippen molar-refractivity contribution in [2.75, 3.05) is 0 Å². The summed E-state index contributed by atoms with van der Waals surface area (Å²) in [6, 6.07) is 5.27. The van der Waals surface area contributed by atoms with Gasteiger partial charge in [0, 0.05) is 5.92 Å². The smallest absolute Gasteiger partial charge is 0.306 e. The fourth-order valence-electron chi connectivity index (χ4n) is 3.06. The summed E-state index contributed by atoms with van der Waals surface area (Å²) in [5.74, 6) is -0.400. The Hall–Kier alpha value is -2.37. The first-order valence-corrected chi connectivity index (χ1v) is 7.07. The molecule has 0 aliphatic heterocycles. The molecule has 1 fully saturated rings. The first-order valence-electron chi connectivity index (χ1n) is 7.07. The zero-order valence-electron chi connectivity index (χ0n) is 11.5. The molecule has 1 aliphatic carbocycles. The number of rotatable bonds is 3. The maximum Gasteiger partial charge on any atom is 0.306 e. The Morgan fingerprint density at radius 3 is 2.57 bits per heavy atom. The third-order valence-electron chi connectivity index (χ3n) is 4.27. The van der Waals surface area contributed by atoms with Crippen LogP contribution >= 0.6 is 0 Å². The Morgan fingerprint density at radius 1 is 1.24 bits per heavy atom. The lowest BCUT2D eigenvalue weighted by molar-refractivity contribution is -0.142. The maximum atomic E-state index is 11.4. The summed E-state index contributed by atoms with van der Waals surface area (Å²) < 4.78 is 0. The van der Waals surface area contributed by atoms with Gasteiger partial charge in [-0.15, -0.1) is 0 Å². The van der Waals surface area contributed by atoms with Gasteiger partial charge in [-0.3, -0.25) is 9.59 Å². The number of H-pyrrole nitrogens is 1. The second-order valence-electron chi connectivity index (χ2n) is 5.57. The molecule has 1 aromatic carbocycles. The molecule has 6 nitrogen and oxygen atoms in total. The third kappa shape index (κ3) is 2.49. The van der Waals surface area contributed by atoms with Gasteiger partial charge in [0.25, 0.3) is 5.91 Å². The largest absolute Gasteiger partial charge is 0.481 e. The second-order valence-corrected chi connectivity index (χ2v) is 5.57. The van der Waals surface area contributed by atoms with E-state index < -0.39 is 11.9 Å². The lowest BCUT2D eigenvalue weighted by atomic mass is 9.82. The number of aromatic nitrogens is 2. The molecular formula is C15H17N3O3. The van der Waals surface area contributed by atoms with Crippen molar-refractivity contribution in [2.24, 2.45) is 11.7 Å². The van der Waals surface area contributed by atoms with Crippen LogP contribution in [-0.2, 0) is 4.79 Å². The summed E-state index contributed by atoms with van der Waals surface area (Å²) in [5, 5.41) is 9.03. The van der Waals surface area contributed by atoms with Crippen molar-refractivity contribution in [3.05, 3.63) is 29.6 Å². The fourth-order valence-corrected chi connectivity index (χ4v) is 3.06. The molecule has 1 amide bonds. The van der Waals surface area contributed by atoms with Gasteiger partial charge in [0.1, 0.15) is 5.82 Å². The normalized spacial score (nSPS) is 22.3. The lowest BCUT2D eigenvalue weighted by Gasteiger charge is -2.24. The van der Waals surface area contributed by atoms with E-state index in [2.05, 4.69) is 9.97 Å². The minimum Gasteiger partial charge on any atom is -0.481 e. The molecule has 1 aliphatic rings. The topological polar surface area (TPSA) is 109 Å². The zero-order valence-corrected chi connectivity index (χ0v) is 11.5. The highest BCUT2D eigenvalue weighted by Gasteiger charge is 2.28. The lowest BCUT2D eigenvalue weighted by Crippen LogP contribution is -2.21. The molecule has 21 heavy (non-hydrogen) atoms. The van der Waals surface area contributed by atoms with Crippen LogP contribution in [0.3, 0.4) is 0 Å². The number of amides is 1. The average molecular weight is 287 g/mol. The van der Waals surface area contributed by atoms with Gasteiger partial charge in [-0.05, 0) is 37.8 Å². The molecule has 110 valence electrons. The van der Waals surface area contributed by atoms with Crippen LogP contribution < -0.4 is 5.73 Å². The first kappa shape index (κ1) is 13.6. The van der Waals surface area contributed by atoms with E-state index in [1.165, 1.54) is 0 Å². The highest BCUT2D eigenvalue weighted by atomic mass is 16.4. The Balaban J connectivity index is 1.87. The van der Waals surface area contributed by atoms with E-state index in [-0.39, 0.29) is 11.8 Å². The number of primary amides is 1. The van der Waals surface area contributed by atoms with Crippen LogP contribution in [0.5, 0.6) is 0 Å². The van der Waals surface area contributed by atoms with Crippen LogP contribution in [0.1, 0.15) is 47.8 Å². The summed E-state index contributed by atoms with van der Waals surface area (Å²) in [7, 11) is 0. The van der Waals surface area contributed by atoms with Gasteiger partial charge in [0.2, 0.25) is 0 Å². The number of hydrogen-bond acceptors (Lipinski definition) is 3. The molecule has 0 saturated heterocycles. The number of carbonyl (C=O) groups excluding carboxylic acids is 1. The number of nitrogens with two attached hydrogens (primary N) is 1. The number of fused-ring (bicyclic) bond motifs is 1. The highest BCUT2D eigenvalue weighted by Crippen LogP contribution is 2.35. The predicted molar refractivity (Wildman–Crippen MR) is 76.9 cm³/mol. The number of hydrogen-bond donors (Lipinski definition) is 3. The minimum atomic E-state index is -0.714. The van der Waals surface area contributed by atoms with Crippen molar-refractivity contribution in [3.63, 3.8) is 0 Å². The predicted octanol–water partition coefficient (Wildman–Crippen LogP) is 2.02. The number of para-hydroxylation sites is 1. The fraction of sp³-hybridized carbons (Fsp3) is 0.400. The van der Waals surface area contributed by atoms with Crippen LogP contribution in [0.25, 0.3) is 11.0 Å². The van der Waals surface area contributed by atoms with Crippen LogP contribution in [0.4, 0.5) is 0 Å². The average Bonchev–Trinajstić information content (AvgIpc) is 2.90. The molecule has 1 saturated carbocycles. The summed E-state index contributed by atoms with van der Waals surface area (Å²) in [5.41, 5.74) is 7.19. The highest BCUT2D eigenvalue weighted by molar-refractivity contribution is 6.04. The molecule has 1 aromatic heterocycles. The van der Waals surface area contributed by atoms with E-state index in [4.69, 9.17) is 10.8 Å². The van der Waals surface area contributed by atoms with E-state index in [0.717, 1.165) is 24.2 Å². The van der Waals surface area contributed by atoms with E-state index >= 15 is 0 Å². The van der Waals surface area contributed by atoms with Gasteiger partial charge in [-0.25, -0.2) is 4.98 Å². The van der Waals surface area contributed by atoms with Crippen molar-refractivity contribution < 1.29 is 14.7 Å². The first-order chi connectivity index (χ1) is 10.1.